The summed E-state index contributed by atoms with van der Waals surface area (Å²) < 4.78 is 6.24. The van der Waals surface area contributed by atoms with Crippen molar-refractivity contribution in [3.63, 3.8) is 0 Å². The largest absolute Gasteiger partial charge is 0.456 e. The Morgan fingerprint density at radius 1 is 0.357 bits per heavy atom. The Bertz CT molecular complexity index is 2860. The van der Waals surface area contributed by atoms with Crippen LogP contribution in [0.5, 0.6) is 0 Å². The molecule has 56 heavy (non-hydrogen) atoms. The number of hydrogen-bond donors (Lipinski definition) is 0. The van der Waals surface area contributed by atoms with E-state index in [0.717, 1.165) is 70.4 Å². The summed E-state index contributed by atoms with van der Waals surface area (Å²) in [5.74, 6) is 0. The molecule has 0 N–H and O–H groups in total. The number of rotatable bonds is 7. The number of para-hydroxylation sites is 3. The Labute approximate surface area is 327 Å². The molecule has 0 radical (unpaired) electrons. The van der Waals surface area contributed by atoms with Gasteiger partial charge in [0.2, 0.25) is 0 Å². The summed E-state index contributed by atoms with van der Waals surface area (Å²) in [5.41, 5.74) is 17.0. The smallest absolute Gasteiger partial charge is 0.135 e. The standard InChI is InChI=1S/C53H40N2O/c1-4-12-37(13-5-1)38-20-24-43(25-21-38)54(41-14-6-2-7-15-41)45-26-22-39-30-32-53(49(39)35-45)33-31-40-23-27-46(36-50(40)53)55(42-16-8-3-9-17-42)44-28-29-52-48(34-44)47-18-10-11-19-51(47)56-52/h1-29,34-36H,30-33H2/t53-/m1/s1. The van der Waals surface area contributed by atoms with Crippen LogP contribution in [0, 0.1) is 0 Å². The molecule has 0 saturated carbocycles. The Hall–Kier alpha value is -6.84. The highest BCUT2D eigenvalue weighted by Gasteiger charge is 2.45. The molecule has 3 nitrogen and oxygen atoms in total. The van der Waals surface area contributed by atoms with E-state index in [1.54, 1.807) is 0 Å². The maximum Gasteiger partial charge on any atom is 0.135 e. The second kappa shape index (κ2) is 13.2. The lowest BCUT2D eigenvalue weighted by Gasteiger charge is -2.31. The SMILES string of the molecule is c1ccc(-c2ccc(N(c3ccccc3)c3ccc4c(c3)[C@@]3(CC4)CCc4ccc(N(c5ccccc5)c5ccc6oc7ccccc7c6c5)cc43)cc2)cc1. The van der Waals surface area contributed by atoms with Crippen LogP contribution in [0.25, 0.3) is 33.1 Å². The fraction of sp³-hybridized carbons (Fsp3) is 0.0943. The number of anilines is 6. The third kappa shape index (κ3) is 5.34. The molecule has 0 saturated heterocycles. The van der Waals surface area contributed by atoms with E-state index in [-0.39, 0.29) is 5.41 Å². The molecule has 0 unspecified atom stereocenters. The first-order valence-corrected chi connectivity index (χ1v) is 19.8. The lowest BCUT2D eigenvalue weighted by molar-refractivity contribution is 0.507. The summed E-state index contributed by atoms with van der Waals surface area (Å²) in [6.45, 7) is 0. The summed E-state index contributed by atoms with van der Waals surface area (Å²) >= 11 is 0. The van der Waals surface area contributed by atoms with Crippen molar-refractivity contribution in [3.05, 3.63) is 216 Å². The van der Waals surface area contributed by atoms with Gasteiger partial charge in [-0.05, 0) is 144 Å². The highest BCUT2D eigenvalue weighted by atomic mass is 16.3. The molecule has 2 aliphatic rings. The molecule has 268 valence electrons. The van der Waals surface area contributed by atoms with Crippen molar-refractivity contribution in [2.75, 3.05) is 9.80 Å². The quantitative estimate of drug-likeness (QED) is 0.163. The zero-order valence-electron chi connectivity index (χ0n) is 31.1. The van der Waals surface area contributed by atoms with Crippen LogP contribution in [0.4, 0.5) is 34.1 Å². The Morgan fingerprint density at radius 3 is 1.43 bits per heavy atom. The minimum absolute atomic E-state index is 0.0384. The van der Waals surface area contributed by atoms with Gasteiger partial charge in [0, 0.05) is 50.3 Å². The average Bonchev–Trinajstić information content (AvgIpc) is 3.95. The number of aryl methyl sites for hydroxylation is 2. The summed E-state index contributed by atoms with van der Waals surface area (Å²) in [5, 5.41) is 2.27. The van der Waals surface area contributed by atoms with Crippen molar-refractivity contribution in [1.82, 2.24) is 0 Å². The molecule has 0 aliphatic heterocycles. The summed E-state index contributed by atoms with van der Waals surface area (Å²) in [6.07, 6.45) is 4.42. The molecule has 2 aliphatic carbocycles. The molecule has 1 atom stereocenters. The van der Waals surface area contributed by atoms with Crippen LogP contribution in [0.2, 0.25) is 0 Å². The third-order valence-electron chi connectivity index (χ3n) is 12.3. The van der Waals surface area contributed by atoms with Crippen molar-refractivity contribution >= 4 is 56.1 Å². The van der Waals surface area contributed by atoms with E-state index in [9.17, 15) is 0 Å². The van der Waals surface area contributed by atoms with E-state index >= 15 is 0 Å². The topological polar surface area (TPSA) is 19.6 Å². The van der Waals surface area contributed by atoms with E-state index in [2.05, 4.69) is 198 Å². The van der Waals surface area contributed by atoms with Crippen LogP contribution >= 0.6 is 0 Å². The van der Waals surface area contributed by atoms with Gasteiger partial charge in [-0.25, -0.2) is 0 Å². The van der Waals surface area contributed by atoms with Gasteiger partial charge in [-0.15, -0.1) is 0 Å². The number of fused-ring (bicyclic) bond motifs is 7. The highest BCUT2D eigenvalue weighted by Crippen LogP contribution is 2.55. The molecule has 1 aromatic heterocycles. The number of hydrogen-bond acceptors (Lipinski definition) is 3. The van der Waals surface area contributed by atoms with Gasteiger partial charge in [0.15, 0.2) is 0 Å². The van der Waals surface area contributed by atoms with E-state index in [0.29, 0.717) is 0 Å². The van der Waals surface area contributed by atoms with Crippen LogP contribution < -0.4 is 9.80 Å². The first kappa shape index (κ1) is 32.6. The van der Waals surface area contributed by atoms with Crippen LogP contribution in [-0.4, -0.2) is 0 Å². The van der Waals surface area contributed by atoms with Crippen molar-refractivity contribution in [2.24, 2.45) is 0 Å². The normalized spacial score (nSPS) is 15.6. The molecular weight excluding hydrogens is 681 g/mol. The van der Waals surface area contributed by atoms with E-state index < -0.39 is 0 Å². The van der Waals surface area contributed by atoms with E-state index in [4.69, 9.17) is 4.42 Å². The van der Waals surface area contributed by atoms with Gasteiger partial charge in [-0.1, -0.05) is 109 Å². The van der Waals surface area contributed by atoms with Crippen molar-refractivity contribution in [2.45, 2.75) is 31.1 Å². The number of benzene rings is 8. The first-order chi connectivity index (χ1) is 27.7. The minimum Gasteiger partial charge on any atom is -0.456 e. The second-order valence-electron chi connectivity index (χ2n) is 15.3. The van der Waals surface area contributed by atoms with E-state index in [1.165, 1.54) is 44.8 Å². The summed E-state index contributed by atoms with van der Waals surface area (Å²) in [6, 6.07) is 70.6. The predicted octanol–water partition coefficient (Wildman–Crippen LogP) is 14.4. The summed E-state index contributed by atoms with van der Waals surface area (Å²) in [7, 11) is 0. The van der Waals surface area contributed by atoms with Crippen LogP contribution in [0.3, 0.4) is 0 Å². The van der Waals surface area contributed by atoms with Gasteiger partial charge in [-0.2, -0.15) is 0 Å². The van der Waals surface area contributed by atoms with E-state index in [1.807, 2.05) is 6.07 Å². The van der Waals surface area contributed by atoms with Gasteiger partial charge in [0.25, 0.3) is 0 Å². The molecule has 11 rings (SSSR count). The monoisotopic (exact) mass is 720 g/mol. The van der Waals surface area contributed by atoms with Gasteiger partial charge < -0.3 is 14.2 Å². The number of furan rings is 1. The fourth-order valence-electron chi connectivity index (χ4n) is 9.57. The zero-order chi connectivity index (χ0) is 37.1. The molecule has 9 aromatic rings. The predicted molar refractivity (Wildman–Crippen MR) is 232 cm³/mol. The Balaban J connectivity index is 1.02. The van der Waals surface area contributed by atoms with Crippen LogP contribution in [-0.2, 0) is 18.3 Å². The maximum atomic E-state index is 6.24. The lowest BCUT2D eigenvalue weighted by Crippen LogP contribution is -2.22. The van der Waals surface area contributed by atoms with Gasteiger partial charge >= 0.3 is 0 Å². The molecular formula is C53H40N2O. The molecule has 1 spiro atoms. The van der Waals surface area contributed by atoms with Crippen LogP contribution in [0.15, 0.2) is 199 Å². The second-order valence-corrected chi connectivity index (χ2v) is 15.3. The Morgan fingerprint density at radius 2 is 0.804 bits per heavy atom. The molecule has 3 heteroatoms. The van der Waals surface area contributed by atoms with Gasteiger partial charge in [0.1, 0.15) is 11.2 Å². The molecule has 0 bridgehead atoms. The van der Waals surface area contributed by atoms with Crippen molar-refractivity contribution in [1.29, 1.82) is 0 Å². The van der Waals surface area contributed by atoms with Crippen molar-refractivity contribution < 1.29 is 4.42 Å². The zero-order valence-corrected chi connectivity index (χ0v) is 31.1. The first-order valence-electron chi connectivity index (χ1n) is 19.8. The molecule has 1 heterocycles. The fourth-order valence-corrected chi connectivity index (χ4v) is 9.57. The lowest BCUT2D eigenvalue weighted by atomic mass is 9.76. The van der Waals surface area contributed by atoms with Gasteiger partial charge in [0.05, 0.1) is 0 Å². The average molecular weight is 721 g/mol. The van der Waals surface area contributed by atoms with Crippen LogP contribution in [0.1, 0.15) is 35.1 Å². The maximum absolute atomic E-state index is 6.24. The summed E-state index contributed by atoms with van der Waals surface area (Å²) in [4.78, 5) is 4.83. The molecule has 8 aromatic carbocycles. The third-order valence-corrected chi connectivity index (χ3v) is 12.3. The van der Waals surface area contributed by atoms with Gasteiger partial charge in [-0.3, -0.25) is 0 Å². The molecule has 0 fully saturated rings. The molecule has 0 amide bonds. The highest BCUT2D eigenvalue weighted by molar-refractivity contribution is 6.06. The number of nitrogens with zero attached hydrogens (tertiary/aromatic N) is 2. The Kier molecular flexibility index (Phi) is 7.67. The van der Waals surface area contributed by atoms with Crippen molar-refractivity contribution in [3.8, 4) is 11.1 Å². The minimum atomic E-state index is -0.0384.